The van der Waals surface area contributed by atoms with Crippen molar-refractivity contribution in [1.29, 1.82) is 0 Å². The molecule has 1 aliphatic heterocycles. The van der Waals surface area contributed by atoms with E-state index in [1.165, 1.54) is 30.6 Å². The number of nitrogens with zero attached hydrogens (tertiary/aromatic N) is 1. The molecule has 1 aromatic rings. The van der Waals surface area contributed by atoms with Gasteiger partial charge in [0.15, 0.2) is 0 Å². The fourth-order valence-corrected chi connectivity index (χ4v) is 2.56. The maximum absolute atomic E-state index is 3.55. The molecule has 2 nitrogen and oxygen atoms in total. The van der Waals surface area contributed by atoms with E-state index in [0.717, 1.165) is 6.54 Å². The number of benzene rings is 1. The van der Waals surface area contributed by atoms with Crippen molar-refractivity contribution in [2.24, 2.45) is 0 Å². The number of nitrogens with one attached hydrogen (secondary N) is 1. The standard InChI is InChI=1S/C16H26N2/c1-16(2,3)13-7-9-15(10-8-13)18(4)12-14-6-5-11-17-14/h7-10,14,17H,5-6,11-12H2,1-4H3. The highest BCUT2D eigenvalue weighted by Crippen LogP contribution is 2.24. The smallest absolute Gasteiger partial charge is 0.0364 e. The van der Waals surface area contributed by atoms with E-state index < -0.39 is 0 Å². The average Bonchev–Trinajstić information content (AvgIpc) is 2.81. The topological polar surface area (TPSA) is 15.3 Å². The molecular formula is C16H26N2. The highest BCUT2D eigenvalue weighted by atomic mass is 15.1. The number of likely N-dealkylation sites (N-methyl/N-ethyl adjacent to an activating group) is 1. The Hall–Kier alpha value is -1.02. The molecule has 18 heavy (non-hydrogen) atoms. The second kappa shape index (κ2) is 5.31. The Morgan fingerprint density at radius 3 is 2.39 bits per heavy atom. The first kappa shape index (κ1) is 13.4. The van der Waals surface area contributed by atoms with Gasteiger partial charge in [0, 0.05) is 25.3 Å². The normalized spacial score (nSPS) is 20.1. The van der Waals surface area contributed by atoms with Crippen LogP contribution in [0, 0.1) is 0 Å². The first-order valence-electron chi connectivity index (χ1n) is 7.02. The lowest BCUT2D eigenvalue weighted by atomic mass is 9.87. The van der Waals surface area contributed by atoms with E-state index in [9.17, 15) is 0 Å². The molecule has 0 radical (unpaired) electrons. The van der Waals surface area contributed by atoms with Gasteiger partial charge in [0.2, 0.25) is 0 Å². The molecule has 1 unspecified atom stereocenters. The second-order valence-corrected chi connectivity index (χ2v) is 6.47. The number of hydrogen-bond acceptors (Lipinski definition) is 2. The molecule has 1 aromatic carbocycles. The molecular weight excluding hydrogens is 220 g/mol. The van der Waals surface area contributed by atoms with Crippen LogP contribution in [0.5, 0.6) is 0 Å². The largest absolute Gasteiger partial charge is 0.373 e. The minimum atomic E-state index is 0.240. The summed E-state index contributed by atoms with van der Waals surface area (Å²) in [4.78, 5) is 2.36. The summed E-state index contributed by atoms with van der Waals surface area (Å²) in [5.41, 5.74) is 2.96. The highest BCUT2D eigenvalue weighted by molar-refractivity contribution is 5.48. The van der Waals surface area contributed by atoms with E-state index in [1.54, 1.807) is 0 Å². The molecule has 1 saturated heterocycles. The third-order valence-electron chi connectivity index (χ3n) is 3.83. The predicted octanol–water partition coefficient (Wildman–Crippen LogP) is 3.17. The first-order valence-corrected chi connectivity index (χ1v) is 7.02. The minimum Gasteiger partial charge on any atom is -0.373 e. The molecule has 0 amide bonds. The molecule has 1 atom stereocenters. The molecule has 1 aliphatic rings. The Balaban J connectivity index is 2.00. The average molecular weight is 246 g/mol. The first-order chi connectivity index (χ1) is 8.47. The van der Waals surface area contributed by atoms with E-state index in [1.807, 2.05) is 0 Å². The molecule has 1 heterocycles. The van der Waals surface area contributed by atoms with Crippen LogP contribution in [0.4, 0.5) is 5.69 Å². The Morgan fingerprint density at radius 1 is 1.22 bits per heavy atom. The fraction of sp³-hybridized carbons (Fsp3) is 0.625. The van der Waals surface area contributed by atoms with Crippen molar-refractivity contribution in [3.8, 4) is 0 Å². The molecule has 1 N–H and O–H groups in total. The van der Waals surface area contributed by atoms with Gasteiger partial charge in [-0.15, -0.1) is 0 Å². The summed E-state index contributed by atoms with van der Waals surface area (Å²) in [6.07, 6.45) is 2.63. The van der Waals surface area contributed by atoms with Gasteiger partial charge in [0.05, 0.1) is 0 Å². The molecule has 100 valence electrons. The summed E-state index contributed by atoms with van der Waals surface area (Å²) < 4.78 is 0. The van der Waals surface area contributed by atoms with Crippen molar-refractivity contribution in [3.05, 3.63) is 29.8 Å². The van der Waals surface area contributed by atoms with E-state index in [4.69, 9.17) is 0 Å². The number of rotatable bonds is 3. The predicted molar refractivity (Wildman–Crippen MR) is 79.4 cm³/mol. The zero-order valence-corrected chi connectivity index (χ0v) is 12.2. The molecule has 0 saturated carbocycles. The molecule has 2 rings (SSSR count). The van der Waals surface area contributed by atoms with Crippen molar-refractivity contribution >= 4 is 5.69 Å². The third-order valence-corrected chi connectivity index (χ3v) is 3.83. The Labute approximate surface area is 111 Å². The molecule has 0 spiro atoms. The van der Waals surface area contributed by atoms with Gasteiger partial charge in [-0.25, -0.2) is 0 Å². The van der Waals surface area contributed by atoms with Crippen LogP contribution in [0.1, 0.15) is 39.2 Å². The van der Waals surface area contributed by atoms with E-state index in [2.05, 4.69) is 62.3 Å². The van der Waals surface area contributed by atoms with E-state index in [0.29, 0.717) is 6.04 Å². The summed E-state index contributed by atoms with van der Waals surface area (Å²) in [5, 5.41) is 3.55. The molecule has 1 fully saturated rings. The van der Waals surface area contributed by atoms with E-state index in [-0.39, 0.29) is 5.41 Å². The van der Waals surface area contributed by atoms with Crippen LogP contribution >= 0.6 is 0 Å². The SMILES string of the molecule is CN(CC1CCCN1)c1ccc(C(C)(C)C)cc1. The Morgan fingerprint density at radius 2 is 1.89 bits per heavy atom. The van der Waals surface area contributed by atoms with Crippen molar-refractivity contribution in [2.75, 3.05) is 25.0 Å². The Bertz CT molecular complexity index is 369. The van der Waals surface area contributed by atoms with Crippen LogP contribution in [0.15, 0.2) is 24.3 Å². The fourth-order valence-electron chi connectivity index (χ4n) is 2.56. The van der Waals surface area contributed by atoms with Gasteiger partial charge >= 0.3 is 0 Å². The van der Waals surface area contributed by atoms with Crippen LogP contribution in [-0.2, 0) is 5.41 Å². The number of hydrogen-bond donors (Lipinski definition) is 1. The van der Waals surface area contributed by atoms with Crippen LogP contribution in [0.3, 0.4) is 0 Å². The second-order valence-electron chi connectivity index (χ2n) is 6.47. The lowest BCUT2D eigenvalue weighted by Crippen LogP contribution is -2.35. The maximum Gasteiger partial charge on any atom is 0.0364 e. The van der Waals surface area contributed by atoms with Crippen LogP contribution in [0.25, 0.3) is 0 Å². The minimum absolute atomic E-state index is 0.240. The molecule has 0 bridgehead atoms. The lowest BCUT2D eigenvalue weighted by Gasteiger charge is -2.25. The van der Waals surface area contributed by atoms with Crippen molar-refractivity contribution < 1.29 is 0 Å². The lowest BCUT2D eigenvalue weighted by molar-refractivity contribution is 0.588. The van der Waals surface area contributed by atoms with Gasteiger partial charge in [-0.05, 0) is 42.5 Å². The Kier molecular flexibility index (Phi) is 3.96. The zero-order valence-electron chi connectivity index (χ0n) is 12.2. The summed E-state index contributed by atoms with van der Waals surface area (Å²) in [7, 11) is 2.19. The van der Waals surface area contributed by atoms with Gasteiger partial charge in [-0.3, -0.25) is 0 Å². The van der Waals surface area contributed by atoms with Gasteiger partial charge in [0.1, 0.15) is 0 Å². The van der Waals surface area contributed by atoms with Crippen LogP contribution < -0.4 is 10.2 Å². The maximum atomic E-state index is 3.55. The third kappa shape index (κ3) is 3.26. The zero-order chi connectivity index (χ0) is 13.2. The van der Waals surface area contributed by atoms with Crippen molar-refractivity contribution in [2.45, 2.75) is 45.1 Å². The van der Waals surface area contributed by atoms with Crippen LogP contribution in [0.2, 0.25) is 0 Å². The van der Waals surface area contributed by atoms with Gasteiger partial charge in [-0.2, -0.15) is 0 Å². The molecule has 0 aliphatic carbocycles. The highest BCUT2D eigenvalue weighted by Gasteiger charge is 2.17. The molecule has 2 heteroatoms. The summed E-state index contributed by atoms with van der Waals surface area (Å²) in [5.74, 6) is 0. The number of anilines is 1. The summed E-state index contributed by atoms with van der Waals surface area (Å²) in [6.45, 7) is 9.06. The quantitative estimate of drug-likeness (QED) is 0.881. The van der Waals surface area contributed by atoms with Crippen molar-refractivity contribution in [1.82, 2.24) is 5.32 Å². The monoisotopic (exact) mass is 246 g/mol. The van der Waals surface area contributed by atoms with Gasteiger partial charge in [0.25, 0.3) is 0 Å². The molecule has 0 aromatic heterocycles. The van der Waals surface area contributed by atoms with Gasteiger partial charge < -0.3 is 10.2 Å². The van der Waals surface area contributed by atoms with Gasteiger partial charge in [-0.1, -0.05) is 32.9 Å². The van der Waals surface area contributed by atoms with Crippen molar-refractivity contribution in [3.63, 3.8) is 0 Å². The van der Waals surface area contributed by atoms with Crippen LogP contribution in [-0.4, -0.2) is 26.2 Å². The van der Waals surface area contributed by atoms with E-state index >= 15 is 0 Å². The summed E-state index contributed by atoms with van der Waals surface area (Å²) >= 11 is 0. The summed E-state index contributed by atoms with van der Waals surface area (Å²) in [6, 6.07) is 9.67.